The van der Waals surface area contributed by atoms with Gasteiger partial charge < -0.3 is 14.8 Å². The van der Waals surface area contributed by atoms with Crippen molar-refractivity contribution in [2.45, 2.75) is 46.1 Å². The molecule has 2 aromatic rings. The van der Waals surface area contributed by atoms with Crippen LogP contribution in [0, 0.1) is 6.92 Å². The fourth-order valence-electron chi connectivity index (χ4n) is 2.57. The van der Waals surface area contributed by atoms with Gasteiger partial charge in [0.05, 0.1) is 6.04 Å². The minimum atomic E-state index is -0.159. The SMILES string of the molecule is Cc1ccc(OC[C@H](C)NC(=O)COc2ccccc2C(C)(C)C)cc1. The molecule has 4 nitrogen and oxygen atoms in total. The summed E-state index contributed by atoms with van der Waals surface area (Å²) >= 11 is 0. The maximum absolute atomic E-state index is 12.2. The third-order valence-corrected chi connectivity index (χ3v) is 3.98. The molecule has 0 aliphatic carbocycles. The first-order chi connectivity index (χ1) is 12.3. The molecule has 0 saturated heterocycles. The molecular weight excluding hydrogens is 326 g/mol. The lowest BCUT2D eigenvalue weighted by molar-refractivity contribution is -0.123. The van der Waals surface area contributed by atoms with E-state index in [1.807, 2.05) is 62.4 Å². The van der Waals surface area contributed by atoms with Crippen molar-refractivity contribution in [2.75, 3.05) is 13.2 Å². The number of ether oxygens (including phenoxy) is 2. The van der Waals surface area contributed by atoms with Gasteiger partial charge in [0.25, 0.3) is 5.91 Å². The molecule has 0 bridgehead atoms. The Morgan fingerprint density at radius 2 is 1.69 bits per heavy atom. The molecular formula is C22H29NO3. The van der Waals surface area contributed by atoms with Crippen LogP contribution in [-0.4, -0.2) is 25.2 Å². The Morgan fingerprint density at radius 1 is 1.04 bits per heavy atom. The van der Waals surface area contributed by atoms with E-state index >= 15 is 0 Å². The van der Waals surface area contributed by atoms with Crippen LogP contribution in [0.15, 0.2) is 48.5 Å². The predicted molar refractivity (Wildman–Crippen MR) is 105 cm³/mol. The average Bonchev–Trinajstić information content (AvgIpc) is 2.59. The lowest BCUT2D eigenvalue weighted by Gasteiger charge is -2.22. The number of para-hydroxylation sites is 1. The van der Waals surface area contributed by atoms with E-state index in [2.05, 4.69) is 26.1 Å². The standard InChI is InChI=1S/C22H29NO3/c1-16-10-12-18(13-11-16)25-14-17(2)23-21(24)15-26-20-9-7-6-8-19(20)22(3,4)5/h6-13,17H,14-15H2,1-5H3,(H,23,24)/t17-/m0/s1. The van der Waals surface area contributed by atoms with Gasteiger partial charge in [-0.3, -0.25) is 4.79 Å². The highest BCUT2D eigenvalue weighted by molar-refractivity contribution is 5.77. The molecule has 0 aromatic heterocycles. The van der Waals surface area contributed by atoms with E-state index < -0.39 is 0 Å². The molecule has 1 atom stereocenters. The Labute approximate surface area is 156 Å². The molecule has 2 aromatic carbocycles. The fourth-order valence-corrected chi connectivity index (χ4v) is 2.57. The number of rotatable bonds is 7. The molecule has 0 unspecified atom stereocenters. The molecule has 1 N–H and O–H groups in total. The third-order valence-electron chi connectivity index (χ3n) is 3.98. The van der Waals surface area contributed by atoms with Gasteiger partial charge in [-0.2, -0.15) is 0 Å². The van der Waals surface area contributed by atoms with Gasteiger partial charge in [-0.05, 0) is 43.0 Å². The van der Waals surface area contributed by atoms with Gasteiger partial charge in [-0.25, -0.2) is 0 Å². The first-order valence-electron chi connectivity index (χ1n) is 8.97. The number of hydrogen-bond donors (Lipinski definition) is 1. The third kappa shape index (κ3) is 6.10. The number of nitrogens with one attached hydrogen (secondary N) is 1. The van der Waals surface area contributed by atoms with Crippen LogP contribution < -0.4 is 14.8 Å². The highest BCUT2D eigenvalue weighted by Crippen LogP contribution is 2.30. The van der Waals surface area contributed by atoms with Gasteiger partial charge in [-0.1, -0.05) is 56.7 Å². The van der Waals surface area contributed by atoms with Crippen LogP contribution in [0.5, 0.6) is 11.5 Å². The second kappa shape index (κ2) is 8.75. The lowest BCUT2D eigenvalue weighted by Crippen LogP contribution is -2.39. The molecule has 26 heavy (non-hydrogen) atoms. The van der Waals surface area contributed by atoms with Crippen molar-refractivity contribution in [1.29, 1.82) is 0 Å². The molecule has 0 aliphatic rings. The van der Waals surface area contributed by atoms with Crippen molar-refractivity contribution in [3.63, 3.8) is 0 Å². The Balaban J connectivity index is 1.81. The van der Waals surface area contributed by atoms with Gasteiger partial charge in [0.1, 0.15) is 18.1 Å². The largest absolute Gasteiger partial charge is 0.491 e. The molecule has 4 heteroatoms. The van der Waals surface area contributed by atoms with E-state index in [1.165, 1.54) is 5.56 Å². The number of benzene rings is 2. The van der Waals surface area contributed by atoms with E-state index in [1.54, 1.807) is 0 Å². The van der Waals surface area contributed by atoms with Crippen LogP contribution in [0.4, 0.5) is 0 Å². The quantitative estimate of drug-likeness (QED) is 0.807. The van der Waals surface area contributed by atoms with Crippen molar-refractivity contribution in [3.8, 4) is 11.5 Å². The Hall–Kier alpha value is -2.49. The van der Waals surface area contributed by atoms with Gasteiger partial charge in [0.2, 0.25) is 0 Å². The zero-order chi connectivity index (χ0) is 19.2. The maximum atomic E-state index is 12.2. The maximum Gasteiger partial charge on any atom is 0.258 e. The molecule has 0 heterocycles. The van der Waals surface area contributed by atoms with E-state index in [4.69, 9.17) is 9.47 Å². The average molecular weight is 355 g/mol. The number of hydrogen-bond acceptors (Lipinski definition) is 3. The molecule has 140 valence electrons. The first-order valence-corrected chi connectivity index (χ1v) is 8.97. The van der Waals surface area contributed by atoms with Crippen LogP contribution in [0.3, 0.4) is 0 Å². The summed E-state index contributed by atoms with van der Waals surface area (Å²) in [5, 5.41) is 2.90. The van der Waals surface area contributed by atoms with Crippen LogP contribution in [-0.2, 0) is 10.2 Å². The van der Waals surface area contributed by atoms with E-state index in [0.717, 1.165) is 17.1 Å². The second-order valence-electron chi connectivity index (χ2n) is 7.63. The van der Waals surface area contributed by atoms with E-state index in [0.29, 0.717) is 6.61 Å². The summed E-state index contributed by atoms with van der Waals surface area (Å²) in [5.41, 5.74) is 2.23. The van der Waals surface area contributed by atoms with Gasteiger partial charge in [0.15, 0.2) is 6.61 Å². The molecule has 2 rings (SSSR count). The summed E-state index contributed by atoms with van der Waals surface area (Å²) in [6.07, 6.45) is 0. The van der Waals surface area contributed by atoms with Crippen molar-refractivity contribution >= 4 is 5.91 Å². The van der Waals surface area contributed by atoms with Crippen LogP contribution in [0.2, 0.25) is 0 Å². The van der Waals surface area contributed by atoms with Crippen molar-refractivity contribution in [1.82, 2.24) is 5.32 Å². The topological polar surface area (TPSA) is 47.6 Å². The van der Waals surface area contributed by atoms with Gasteiger partial charge in [-0.15, -0.1) is 0 Å². The number of aryl methyl sites for hydroxylation is 1. The normalized spacial score (nSPS) is 12.3. The van der Waals surface area contributed by atoms with Gasteiger partial charge >= 0.3 is 0 Å². The van der Waals surface area contributed by atoms with E-state index in [9.17, 15) is 4.79 Å². The van der Waals surface area contributed by atoms with Crippen LogP contribution in [0.25, 0.3) is 0 Å². The van der Waals surface area contributed by atoms with Crippen molar-refractivity contribution in [2.24, 2.45) is 0 Å². The minimum absolute atomic E-state index is 0.0119. The second-order valence-corrected chi connectivity index (χ2v) is 7.63. The molecule has 1 amide bonds. The summed E-state index contributed by atoms with van der Waals surface area (Å²) in [6, 6.07) is 15.6. The first kappa shape index (κ1) is 19.8. The Morgan fingerprint density at radius 3 is 2.35 bits per heavy atom. The summed E-state index contributed by atoms with van der Waals surface area (Å²) in [4.78, 5) is 12.2. The van der Waals surface area contributed by atoms with Crippen LogP contribution in [0.1, 0.15) is 38.8 Å². The highest BCUT2D eigenvalue weighted by Gasteiger charge is 2.19. The van der Waals surface area contributed by atoms with Crippen LogP contribution >= 0.6 is 0 Å². The zero-order valence-electron chi connectivity index (χ0n) is 16.3. The van der Waals surface area contributed by atoms with E-state index in [-0.39, 0.29) is 24.0 Å². The number of carbonyl (C=O) groups is 1. The number of amides is 1. The summed E-state index contributed by atoms with van der Waals surface area (Å²) in [6.45, 7) is 10.7. The summed E-state index contributed by atoms with van der Waals surface area (Å²) in [7, 11) is 0. The minimum Gasteiger partial charge on any atom is -0.491 e. The van der Waals surface area contributed by atoms with Gasteiger partial charge in [0, 0.05) is 0 Å². The zero-order valence-corrected chi connectivity index (χ0v) is 16.3. The van der Waals surface area contributed by atoms with Crippen molar-refractivity contribution in [3.05, 3.63) is 59.7 Å². The monoisotopic (exact) mass is 355 g/mol. The molecule has 0 spiro atoms. The Bertz CT molecular complexity index is 717. The smallest absolute Gasteiger partial charge is 0.258 e. The summed E-state index contributed by atoms with van der Waals surface area (Å²) < 4.78 is 11.4. The highest BCUT2D eigenvalue weighted by atomic mass is 16.5. The molecule has 0 aliphatic heterocycles. The molecule has 0 radical (unpaired) electrons. The fraction of sp³-hybridized carbons (Fsp3) is 0.409. The number of carbonyl (C=O) groups excluding carboxylic acids is 1. The summed E-state index contributed by atoms with van der Waals surface area (Å²) in [5.74, 6) is 1.39. The van der Waals surface area contributed by atoms with Crippen molar-refractivity contribution < 1.29 is 14.3 Å². The molecule has 0 fully saturated rings. The molecule has 0 saturated carbocycles. The Kier molecular flexibility index (Phi) is 6.67. The predicted octanol–water partition coefficient (Wildman–Crippen LogP) is 4.26. The lowest BCUT2D eigenvalue weighted by atomic mass is 9.86.